The molecule has 0 radical (unpaired) electrons. The van der Waals surface area contributed by atoms with Crippen molar-refractivity contribution in [3.63, 3.8) is 0 Å². The Kier molecular flexibility index (Phi) is 2.86. The topological polar surface area (TPSA) is 38.7 Å². The first-order chi connectivity index (χ1) is 6.34. The molecule has 0 aromatic heterocycles. The van der Waals surface area contributed by atoms with E-state index < -0.39 is 0 Å². The lowest BCUT2D eigenvalue weighted by atomic mass is 10.2. The van der Waals surface area contributed by atoms with Crippen molar-refractivity contribution in [1.82, 2.24) is 0 Å². The maximum Gasteiger partial charge on any atom is 0.122 e. The van der Waals surface area contributed by atoms with Gasteiger partial charge in [0.1, 0.15) is 6.10 Å². The lowest BCUT2D eigenvalue weighted by Crippen LogP contribution is -2.24. The monoisotopic (exact) mass is 184 g/mol. The van der Waals surface area contributed by atoms with E-state index in [2.05, 4.69) is 0 Å². The van der Waals surface area contributed by atoms with Crippen molar-refractivity contribution in [2.75, 3.05) is 13.2 Å². The molecule has 0 saturated carbocycles. The first-order valence-electron chi connectivity index (χ1n) is 4.98. The van der Waals surface area contributed by atoms with Crippen molar-refractivity contribution in [2.24, 2.45) is 0 Å². The minimum Gasteiger partial charge on any atom is -0.493 e. The quantitative estimate of drug-likeness (QED) is 0.701. The first kappa shape index (κ1) is 9.03. The van der Waals surface area contributed by atoms with Gasteiger partial charge >= 0.3 is 0 Å². The molecule has 1 fully saturated rings. The first-order valence-corrected chi connectivity index (χ1v) is 4.98. The lowest BCUT2D eigenvalue weighted by molar-refractivity contribution is -0.0242. The molecule has 3 nitrogen and oxygen atoms in total. The molecular formula is C10H16O3. The SMILES string of the molecule is OC1C=C(OC2CCCOC2)CC1. The minimum absolute atomic E-state index is 0.213. The normalized spacial score (nSPS) is 34.4. The summed E-state index contributed by atoms with van der Waals surface area (Å²) < 4.78 is 11.0. The molecular weight excluding hydrogens is 168 g/mol. The van der Waals surface area contributed by atoms with Crippen LogP contribution in [0.2, 0.25) is 0 Å². The van der Waals surface area contributed by atoms with E-state index in [0.29, 0.717) is 6.61 Å². The van der Waals surface area contributed by atoms with Gasteiger partial charge in [0, 0.05) is 13.0 Å². The van der Waals surface area contributed by atoms with Gasteiger partial charge in [-0.1, -0.05) is 0 Å². The van der Waals surface area contributed by atoms with Gasteiger partial charge in [-0.3, -0.25) is 0 Å². The number of hydrogen-bond acceptors (Lipinski definition) is 3. The Labute approximate surface area is 78.3 Å². The zero-order valence-corrected chi connectivity index (χ0v) is 7.74. The molecule has 1 saturated heterocycles. The summed E-state index contributed by atoms with van der Waals surface area (Å²) in [4.78, 5) is 0. The largest absolute Gasteiger partial charge is 0.493 e. The Bertz CT molecular complexity index is 194. The number of allylic oxidation sites excluding steroid dienone is 1. The third-order valence-corrected chi connectivity index (χ3v) is 2.50. The maximum atomic E-state index is 9.24. The Morgan fingerprint density at radius 1 is 1.46 bits per heavy atom. The molecule has 0 amide bonds. The van der Waals surface area contributed by atoms with Gasteiger partial charge in [-0.05, 0) is 25.3 Å². The highest BCUT2D eigenvalue weighted by molar-refractivity contribution is 5.05. The fourth-order valence-corrected chi connectivity index (χ4v) is 1.79. The molecule has 0 bridgehead atoms. The zero-order valence-electron chi connectivity index (χ0n) is 7.74. The summed E-state index contributed by atoms with van der Waals surface area (Å²) in [5, 5.41) is 9.24. The van der Waals surface area contributed by atoms with Crippen molar-refractivity contribution < 1.29 is 14.6 Å². The van der Waals surface area contributed by atoms with E-state index in [1.165, 1.54) is 0 Å². The Hall–Kier alpha value is -0.540. The van der Waals surface area contributed by atoms with Gasteiger partial charge in [0.2, 0.25) is 0 Å². The van der Waals surface area contributed by atoms with Crippen LogP contribution in [-0.4, -0.2) is 30.5 Å². The molecule has 2 aliphatic rings. The smallest absolute Gasteiger partial charge is 0.122 e. The second-order valence-corrected chi connectivity index (χ2v) is 3.70. The summed E-state index contributed by atoms with van der Waals surface area (Å²) in [5.41, 5.74) is 0. The van der Waals surface area contributed by atoms with Crippen LogP contribution in [0.1, 0.15) is 25.7 Å². The molecule has 3 heteroatoms. The number of ether oxygens (including phenoxy) is 2. The summed E-state index contributed by atoms with van der Waals surface area (Å²) >= 11 is 0. The Balaban J connectivity index is 1.80. The van der Waals surface area contributed by atoms with Gasteiger partial charge in [-0.2, -0.15) is 0 Å². The molecule has 1 aliphatic heterocycles. The van der Waals surface area contributed by atoms with E-state index in [4.69, 9.17) is 9.47 Å². The molecule has 2 rings (SSSR count). The molecule has 0 spiro atoms. The molecule has 1 aliphatic carbocycles. The highest BCUT2D eigenvalue weighted by Gasteiger charge is 2.20. The summed E-state index contributed by atoms with van der Waals surface area (Å²) in [6.07, 6.45) is 5.58. The van der Waals surface area contributed by atoms with E-state index in [0.717, 1.165) is 38.0 Å². The van der Waals surface area contributed by atoms with Crippen LogP contribution in [0, 0.1) is 0 Å². The molecule has 74 valence electrons. The highest BCUT2D eigenvalue weighted by atomic mass is 16.5. The van der Waals surface area contributed by atoms with Crippen LogP contribution >= 0.6 is 0 Å². The fraction of sp³-hybridized carbons (Fsp3) is 0.800. The van der Waals surface area contributed by atoms with E-state index in [1.807, 2.05) is 6.08 Å². The number of aliphatic hydroxyl groups excluding tert-OH is 1. The van der Waals surface area contributed by atoms with Crippen molar-refractivity contribution >= 4 is 0 Å². The van der Waals surface area contributed by atoms with Crippen molar-refractivity contribution in [1.29, 1.82) is 0 Å². The Morgan fingerprint density at radius 2 is 2.38 bits per heavy atom. The highest BCUT2D eigenvalue weighted by Crippen LogP contribution is 2.23. The third kappa shape index (κ3) is 2.45. The van der Waals surface area contributed by atoms with Crippen molar-refractivity contribution in [2.45, 2.75) is 37.9 Å². The second-order valence-electron chi connectivity index (χ2n) is 3.70. The molecule has 1 heterocycles. The predicted octanol–water partition coefficient (Wildman–Crippen LogP) is 1.22. The lowest BCUT2D eigenvalue weighted by Gasteiger charge is -2.23. The van der Waals surface area contributed by atoms with Crippen LogP contribution in [-0.2, 0) is 9.47 Å². The molecule has 0 aromatic rings. The standard InChI is InChI=1S/C10H16O3/c11-8-3-4-9(6-8)13-10-2-1-5-12-7-10/h6,8,10-11H,1-5,7H2. The van der Waals surface area contributed by atoms with Gasteiger partial charge in [0.15, 0.2) is 0 Å². The van der Waals surface area contributed by atoms with Crippen LogP contribution in [0.3, 0.4) is 0 Å². The zero-order chi connectivity index (χ0) is 9.10. The molecule has 2 unspecified atom stereocenters. The average Bonchev–Trinajstić information content (AvgIpc) is 2.53. The van der Waals surface area contributed by atoms with Crippen LogP contribution in [0.5, 0.6) is 0 Å². The van der Waals surface area contributed by atoms with Crippen LogP contribution in [0.15, 0.2) is 11.8 Å². The maximum absolute atomic E-state index is 9.24. The molecule has 0 aromatic carbocycles. The summed E-state index contributed by atoms with van der Waals surface area (Å²) in [7, 11) is 0. The summed E-state index contributed by atoms with van der Waals surface area (Å²) in [5.74, 6) is 0.947. The fourth-order valence-electron chi connectivity index (χ4n) is 1.79. The minimum atomic E-state index is -0.292. The number of hydrogen-bond donors (Lipinski definition) is 1. The van der Waals surface area contributed by atoms with Crippen molar-refractivity contribution in [3.05, 3.63) is 11.8 Å². The van der Waals surface area contributed by atoms with Gasteiger partial charge in [-0.25, -0.2) is 0 Å². The molecule has 1 N–H and O–H groups in total. The molecule has 13 heavy (non-hydrogen) atoms. The predicted molar refractivity (Wildman–Crippen MR) is 48.2 cm³/mol. The van der Waals surface area contributed by atoms with Gasteiger partial charge in [0.25, 0.3) is 0 Å². The van der Waals surface area contributed by atoms with Gasteiger partial charge < -0.3 is 14.6 Å². The average molecular weight is 184 g/mol. The second kappa shape index (κ2) is 4.11. The Morgan fingerprint density at radius 3 is 3.00 bits per heavy atom. The van der Waals surface area contributed by atoms with E-state index in [-0.39, 0.29) is 12.2 Å². The third-order valence-electron chi connectivity index (χ3n) is 2.50. The molecule has 2 atom stereocenters. The van der Waals surface area contributed by atoms with Crippen molar-refractivity contribution in [3.8, 4) is 0 Å². The summed E-state index contributed by atoms with van der Waals surface area (Å²) in [6.45, 7) is 1.56. The number of aliphatic hydroxyl groups is 1. The number of rotatable bonds is 2. The van der Waals surface area contributed by atoms with Crippen LogP contribution < -0.4 is 0 Å². The van der Waals surface area contributed by atoms with E-state index >= 15 is 0 Å². The van der Waals surface area contributed by atoms with Gasteiger partial charge in [0.05, 0.1) is 18.5 Å². The van der Waals surface area contributed by atoms with E-state index in [1.54, 1.807) is 0 Å². The van der Waals surface area contributed by atoms with E-state index in [9.17, 15) is 5.11 Å². The summed E-state index contributed by atoms with van der Waals surface area (Å²) in [6, 6.07) is 0. The van der Waals surface area contributed by atoms with Crippen LogP contribution in [0.25, 0.3) is 0 Å². The van der Waals surface area contributed by atoms with Crippen LogP contribution in [0.4, 0.5) is 0 Å². The van der Waals surface area contributed by atoms with Gasteiger partial charge in [-0.15, -0.1) is 0 Å².